The molecule has 0 rings (SSSR count). The van der Waals surface area contributed by atoms with E-state index in [1.165, 1.54) is 0 Å². The molecule has 0 aromatic carbocycles. The van der Waals surface area contributed by atoms with E-state index in [9.17, 15) is 8.42 Å². The second-order valence-corrected chi connectivity index (χ2v) is 3.32. The van der Waals surface area contributed by atoms with E-state index in [4.69, 9.17) is 0 Å². The number of rotatable bonds is 1. The molecule has 0 bridgehead atoms. The molecule has 6 heteroatoms. The van der Waals surface area contributed by atoms with Crippen molar-refractivity contribution in [2.45, 2.75) is 0 Å². The van der Waals surface area contributed by atoms with Crippen molar-refractivity contribution in [1.82, 2.24) is 10.6 Å². The Morgan fingerprint density at radius 2 is 1.70 bits per heavy atom. The van der Waals surface area contributed by atoms with Crippen LogP contribution in [0.25, 0.3) is 0 Å². The van der Waals surface area contributed by atoms with Crippen molar-refractivity contribution >= 4 is 16.0 Å². The summed E-state index contributed by atoms with van der Waals surface area (Å²) < 4.78 is 24.3. The SMILES string of the molecule is CNC(=NS(C)(=O)=O)NC. The zero-order chi connectivity index (χ0) is 8.20. The molecule has 0 spiro atoms. The Labute approximate surface area is 60.6 Å². The van der Waals surface area contributed by atoms with Crippen molar-refractivity contribution in [1.29, 1.82) is 0 Å². The lowest BCUT2D eigenvalue weighted by molar-refractivity contribution is 0.603. The Kier molecular flexibility index (Phi) is 3.14. The molecule has 10 heavy (non-hydrogen) atoms. The second kappa shape index (κ2) is 3.40. The highest BCUT2D eigenvalue weighted by atomic mass is 32.2. The number of sulfonamides is 1. The molecular weight excluding hydrogens is 154 g/mol. The third kappa shape index (κ3) is 4.13. The minimum atomic E-state index is -3.28. The van der Waals surface area contributed by atoms with Gasteiger partial charge in [-0.05, 0) is 0 Å². The number of hydrogen-bond acceptors (Lipinski definition) is 2. The van der Waals surface area contributed by atoms with Crippen LogP contribution in [0.4, 0.5) is 0 Å². The van der Waals surface area contributed by atoms with Crippen LogP contribution in [0.3, 0.4) is 0 Å². The molecule has 2 N–H and O–H groups in total. The van der Waals surface area contributed by atoms with Gasteiger partial charge in [0.05, 0.1) is 6.26 Å². The van der Waals surface area contributed by atoms with Gasteiger partial charge < -0.3 is 10.6 Å². The molecule has 0 fully saturated rings. The van der Waals surface area contributed by atoms with Gasteiger partial charge >= 0.3 is 0 Å². The summed E-state index contributed by atoms with van der Waals surface area (Å²) >= 11 is 0. The number of nitrogens with one attached hydrogen (secondary N) is 2. The Morgan fingerprint density at radius 1 is 1.30 bits per heavy atom. The molecule has 0 atom stereocenters. The van der Waals surface area contributed by atoms with Crippen molar-refractivity contribution in [3.63, 3.8) is 0 Å². The Hall–Kier alpha value is -0.780. The van der Waals surface area contributed by atoms with Crippen molar-refractivity contribution in [3.8, 4) is 0 Å². The molecule has 0 saturated heterocycles. The molecule has 60 valence electrons. The smallest absolute Gasteiger partial charge is 0.253 e. The fourth-order valence-electron chi connectivity index (χ4n) is 0.382. The summed E-state index contributed by atoms with van der Waals surface area (Å²) in [5, 5.41) is 5.14. The molecule has 0 heterocycles. The average Bonchev–Trinajstić information content (AvgIpc) is 1.81. The minimum absolute atomic E-state index is 0.238. The van der Waals surface area contributed by atoms with Gasteiger partial charge in [-0.1, -0.05) is 0 Å². The molecule has 0 unspecified atom stereocenters. The van der Waals surface area contributed by atoms with Crippen LogP contribution in [0.2, 0.25) is 0 Å². The number of hydrogen-bond donors (Lipinski definition) is 2. The molecule has 0 amide bonds. The molecule has 0 saturated carbocycles. The standard InChI is InChI=1S/C4H11N3O2S/c1-5-4(6-2)7-10(3,8)9/h1-3H3,(H2,5,6,7). The van der Waals surface area contributed by atoms with Gasteiger partial charge in [-0.15, -0.1) is 4.40 Å². The lowest BCUT2D eigenvalue weighted by Gasteiger charge is -2.00. The van der Waals surface area contributed by atoms with E-state index in [1.807, 2.05) is 0 Å². The van der Waals surface area contributed by atoms with Gasteiger partial charge in [0, 0.05) is 14.1 Å². The van der Waals surface area contributed by atoms with Gasteiger partial charge in [-0.3, -0.25) is 0 Å². The van der Waals surface area contributed by atoms with Crippen LogP contribution in [-0.2, 0) is 10.0 Å². The van der Waals surface area contributed by atoms with E-state index in [2.05, 4.69) is 15.0 Å². The predicted molar refractivity (Wildman–Crippen MR) is 40.4 cm³/mol. The molecule has 0 radical (unpaired) electrons. The van der Waals surface area contributed by atoms with Crippen molar-refractivity contribution in [2.24, 2.45) is 4.40 Å². The number of nitrogens with zero attached hydrogens (tertiary/aromatic N) is 1. The fraction of sp³-hybridized carbons (Fsp3) is 0.750. The van der Waals surface area contributed by atoms with Crippen LogP contribution in [0.1, 0.15) is 0 Å². The summed E-state index contributed by atoms with van der Waals surface area (Å²) in [6, 6.07) is 0. The Balaban J connectivity index is 4.42. The summed E-state index contributed by atoms with van der Waals surface area (Å²) in [5.41, 5.74) is 0. The van der Waals surface area contributed by atoms with Gasteiger partial charge in [0.2, 0.25) is 5.96 Å². The molecule has 0 aromatic rings. The van der Waals surface area contributed by atoms with Gasteiger partial charge in [-0.25, -0.2) is 8.42 Å². The molecule has 0 aliphatic rings. The fourth-order valence-corrected chi connectivity index (χ4v) is 0.896. The number of guanidine groups is 1. The maximum absolute atomic E-state index is 10.5. The van der Waals surface area contributed by atoms with Crippen molar-refractivity contribution in [3.05, 3.63) is 0 Å². The van der Waals surface area contributed by atoms with Crippen LogP contribution < -0.4 is 10.6 Å². The third-order valence-electron chi connectivity index (χ3n) is 0.731. The first-order valence-electron chi connectivity index (χ1n) is 2.65. The maximum Gasteiger partial charge on any atom is 0.253 e. The normalized spacial score (nSPS) is 10.3. The van der Waals surface area contributed by atoms with Crippen LogP contribution in [0.5, 0.6) is 0 Å². The summed E-state index contributed by atoms with van der Waals surface area (Å²) in [5.74, 6) is 0.238. The van der Waals surface area contributed by atoms with Crippen LogP contribution in [-0.4, -0.2) is 34.7 Å². The van der Waals surface area contributed by atoms with E-state index in [-0.39, 0.29) is 5.96 Å². The molecule has 0 aliphatic carbocycles. The molecule has 5 nitrogen and oxygen atoms in total. The summed E-state index contributed by atoms with van der Waals surface area (Å²) in [6.45, 7) is 0. The zero-order valence-electron chi connectivity index (χ0n) is 6.17. The van der Waals surface area contributed by atoms with Crippen LogP contribution in [0, 0.1) is 0 Å². The maximum atomic E-state index is 10.5. The quantitative estimate of drug-likeness (QED) is 0.376. The summed E-state index contributed by atoms with van der Waals surface area (Å²) in [4.78, 5) is 0. The van der Waals surface area contributed by atoms with Gasteiger partial charge in [0.15, 0.2) is 0 Å². The summed E-state index contributed by atoms with van der Waals surface area (Å²) in [7, 11) is -0.117. The van der Waals surface area contributed by atoms with Crippen LogP contribution in [0.15, 0.2) is 4.40 Å². The Bertz CT molecular complexity index is 213. The van der Waals surface area contributed by atoms with Crippen molar-refractivity contribution in [2.75, 3.05) is 20.4 Å². The minimum Gasteiger partial charge on any atom is -0.359 e. The van der Waals surface area contributed by atoms with Crippen LogP contribution >= 0.6 is 0 Å². The van der Waals surface area contributed by atoms with E-state index >= 15 is 0 Å². The molecular formula is C4H11N3O2S. The first kappa shape index (κ1) is 9.22. The lowest BCUT2D eigenvalue weighted by atomic mass is 10.9. The largest absolute Gasteiger partial charge is 0.359 e. The first-order chi connectivity index (χ1) is 4.49. The second-order valence-electron chi connectivity index (χ2n) is 1.67. The molecule has 0 aromatic heterocycles. The third-order valence-corrected chi connectivity index (χ3v) is 1.24. The van der Waals surface area contributed by atoms with Gasteiger partial charge in [-0.2, -0.15) is 0 Å². The van der Waals surface area contributed by atoms with E-state index in [0.717, 1.165) is 6.26 Å². The summed E-state index contributed by atoms with van der Waals surface area (Å²) in [6.07, 6.45) is 1.03. The predicted octanol–water partition coefficient (Wildman–Crippen LogP) is -1.26. The van der Waals surface area contributed by atoms with Gasteiger partial charge in [0.25, 0.3) is 10.0 Å². The van der Waals surface area contributed by atoms with E-state index in [1.54, 1.807) is 14.1 Å². The first-order valence-corrected chi connectivity index (χ1v) is 4.50. The van der Waals surface area contributed by atoms with E-state index < -0.39 is 10.0 Å². The van der Waals surface area contributed by atoms with E-state index in [0.29, 0.717) is 0 Å². The topological polar surface area (TPSA) is 70.6 Å². The highest BCUT2D eigenvalue weighted by molar-refractivity contribution is 7.89. The highest BCUT2D eigenvalue weighted by Crippen LogP contribution is 1.82. The van der Waals surface area contributed by atoms with Crippen molar-refractivity contribution < 1.29 is 8.42 Å². The highest BCUT2D eigenvalue weighted by Gasteiger charge is 1.98. The Morgan fingerprint density at radius 3 is 1.80 bits per heavy atom. The lowest BCUT2D eigenvalue weighted by Crippen LogP contribution is -2.32. The zero-order valence-corrected chi connectivity index (χ0v) is 6.99. The molecule has 0 aliphatic heterocycles. The average molecular weight is 165 g/mol. The van der Waals surface area contributed by atoms with Gasteiger partial charge in [0.1, 0.15) is 0 Å². The monoisotopic (exact) mass is 165 g/mol.